The zero-order chi connectivity index (χ0) is 30.3. The second-order valence-electron chi connectivity index (χ2n) is 10.7. The van der Waals surface area contributed by atoms with E-state index in [2.05, 4.69) is 25.4 Å². The van der Waals surface area contributed by atoms with E-state index in [0.717, 1.165) is 44.7 Å². The zero-order valence-electron chi connectivity index (χ0n) is 23.9. The number of morpholine rings is 1. The molecule has 1 aromatic heterocycles. The molecule has 0 aliphatic carbocycles. The molecule has 3 N–H and O–H groups in total. The van der Waals surface area contributed by atoms with Gasteiger partial charge in [-0.2, -0.15) is 0 Å². The molecule has 0 saturated carbocycles. The van der Waals surface area contributed by atoms with Gasteiger partial charge in [-0.1, -0.05) is 23.2 Å². The van der Waals surface area contributed by atoms with Crippen LogP contribution in [0, 0.1) is 0 Å². The standard InChI is InChI=1S/C31H35Cl2N5O5/c1-20(39)19-37-10-8-24(9-11-37)43-28-17-23(38-12-14-42-15-13-38)4-6-26(28)31(41)35-27-16-21(32)2-5-25(27)30(40)36-29-7-3-22(33)18-34-29/h2-7,16-18,20,24,39H,8-15,19H2,1H3,(H,35,41)(H,34,36,40). The molecule has 3 heterocycles. The van der Waals surface area contributed by atoms with Gasteiger partial charge in [0, 0.05) is 55.7 Å². The molecule has 3 aromatic rings. The van der Waals surface area contributed by atoms with Crippen molar-refractivity contribution in [2.24, 2.45) is 0 Å². The summed E-state index contributed by atoms with van der Waals surface area (Å²) in [5, 5.41) is 16.2. The number of ether oxygens (including phenoxy) is 2. The summed E-state index contributed by atoms with van der Waals surface area (Å²) in [6.07, 6.45) is 2.50. The average molecular weight is 629 g/mol. The van der Waals surface area contributed by atoms with Gasteiger partial charge in [-0.05, 0) is 62.2 Å². The first-order valence-corrected chi connectivity index (χ1v) is 15.1. The minimum Gasteiger partial charge on any atom is -0.489 e. The maximum atomic E-state index is 13.8. The summed E-state index contributed by atoms with van der Waals surface area (Å²) in [6, 6.07) is 13.4. The Kier molecular flexibility index (Phi) is 10.4. The molecule has 5 rings (SSSR count). The Morgan fingerprint density at radius 3 is 2.37 bits per heavy atom. The fourth-order valence-electron chi connectivity index (χ4n) is 5.22. The van der Waals surface area contributed by atoms with E-state index in [4.69, 9.17) is 32.7 Å². The number of halogens is 2. The van der Waals surface area contributed by atoms with Crippen LogP contribution in [0.3, 0.4) is 0 Å². The molecule has 2 aliphatic heterocycles. The lowest BCUT2D eigenvalue weighted by atomic mass is 10.1. The predicted octanol–water partition coefficient (Wildman–Crippen LogP) is 4.95. The molecular formula is C31H35Cl2N5O5. The van der Waals surface area contributed by atoms with E-state index in [9.17, 15) is 14.7 Å². The maximum Gasteiger partial charge on any atom is 0.259 e. The second-order valence-corrected chi connectivity index (χ2v) is 11.6. The number of aliphatic hydroxyl groups is 1. The minimum atomic E-state index is -0.468. The molecule has 1 unspecified atom stereocenters. The number of rotatable bonds is 9. The summed E-state index contributed by atoms with van der Waals surface area (Å²) in [5.74, 6) is -0.120. The quantitative estimate of drug-likeness (QED) is 0.305. The lowest BCUT2D eigenvalue weighted by Gasteiger charge is -2.33. The predicted molar refractivity (Wildman–Crippen MR) is 168 cm³/mol. The van der Waals surface area contributed by atoms with Crippen LogP contribution in [0.25, 0.3) is 0 Å². The number of carbonyl (C=O) groups is 2. The van der Waals surface area contributed by atoms with Gasteiger partial charge in [0.15, 0.2) is 0 Å². The highest BCUT2D eigenvalue weighted by Gasteiger charge is 2.25. The Balaban J connectivity index is 1.37. The molecule has 2 aromatic carbocycles. The van der Waals surface area contributed by atoms with Crippen molar-refractivity contribution in [1.29, 1.82) is 0 Å². The van der Waals surface area contributed by atoms with Crippen molar-refractivity contribution in [2.45, 2.75) is 32.0 Å². The van der Waals surface area contributed by atoms with Gasteiger partial charge in [0.1, 0.15) is 17.7 Å². The van der Waals surface area contributed by atoms with E-state index in [1.54, 1.807) is 37.3 Å². The normalized spacial score (nSPS) is 16.9. The molecule has 12 heteroatoms. The first-order valence-electron chi connectivity index (χ1n) is 14.3. The lowest BCUT2D eigenvalue weighted by molar-refractivity contribution is 0.0665. The molecule has 0 spiro atoms. The van der Waals surface area contributed by atoms with Crippen LogP contribution in [0.2, 0.25) is 10.0 Å². The number of hydrogen-bond donors (Lipinski definition) is 3. The van der Waals surface area contributed by atoms with E-state index in [1.165, 1.54) is 12.3 Å². The number of carbonyl (C=O) groups excluding carboxylic acids is 2. The third-order valence-corrected chi connectivity index (χ3v) is 7.84. The zero-order valence-corrected chi connectivity index (χ0v) is 25.4. The van der Waals surface area contributed by atoms with Crippen LogP contribution in [0.5, 0.6) is 5.75 Å². The topological polar surface area (TPSA) is 116 Å². The highest BCUT2D eigenvalue weighted by Crippen LogP contribution is 2.31. The van der Waals surface area contributed by atoms with Gasteiger partial charge in [0.25, 0.3) is 11.8 Å². The number of hydrogen-bond acceptors (Lipinski definition) is 8. The van der Waals surface area contributed by atoms with E-state index in [0.29, 0.717) is 46.9 Å². The van der Waals surface area contributed by atoms with E-state index >= 15 is 0 Å². The number of amides is 2. The number of nitrogens with zero attached hydrogens (tertiary/aromatic N) is 3. The second kappa shape index (κ2) is 14.4. The molecular weight excluding hydrogens is 593 g/mol. The monoisotopic (exact) mass is 627 g/mol. The van der Waals surface area contributed by atoms with Crippen molar-refractivity contribution in [2.75, 3.05) is 61.5 Å². The maximum absolute atomic E-state index is 13.8. The van der Waals surface area contributed by atoms with Crippen molar-refractivity contribution in [3.63, 3.8) is 0 Å². The summed E-state index contributed by atoms with van der Waals surface area (Å²) in [4.78, 5) is 35.4. The molecule has 43 heavy (non-hydrogen) atoms. The number of aliphatic hydroxyl groups excluding tert-OH is 1. The first-order chi connectivity index (χ1) is 20.7. The largest absolute Gasteiger partial charge is 0.489 e. The number of β-amino-alcohol motifs (C(OH)–C–C–N with tert-alkyl or cyclic N) is 1. The Labute approximate surface area is 260 Å². The number of benzene rings is 2. The van der Waals surface area contributed by atoms with E-state index in [-0.39, 0.29) is 23.5 Å². The summed E-state index contributed by atoms with van der Waals surface area (Å²) in [7, 11) is 0. The number of nitrogens with one attached hydrogen (secondary N) is 2. The van der Waals surface area contributed by atoms with Crippen molar-refractivity contribution < 1.29 is 24.2 Å². The van der Waals surface area contributed by atoms with Crippen LogP contribution in [0.15, 0.2) is 54.7 Å². The molecule has 228 valence electrons. The van der Waals surface area contributed by atoms with Gasteiger partial charge in [0.05, 0.1) is 41.2 Å². The number of aromatic nitrogens is 1. The van der Waals surface area contributed by atoms with Gasteiger partial charge >= 0.3 is 0 Å². The van der Waals surface area contributed by atoms with Crippen LogP contribution in [-0.2, 0) is 4.74 Å². The highest BCUT2D eigenvalue weighted by molar-refractivity contribution is 6.31. The molecule has 0 radical (unpaired) electrons. The first kappa shape index (κ1) is 31.0. The van der Waals surface area contributed by atoms with Gasteiger partial charge in [-0.15, -0.1) is 0 Å². The van der Waals surface area contributed by atoms with Crippen LogP contribution < -0.4 is 20.3 Å². The molecule has 2 fully saturated rings. The highest BCUT2D eigenvalue weighted by atomic mass is 35.5. The molecule has 2 saturated heterocycles. The third-order valence-electron chi connectivity index (χ3n) is 7.38. The third kappa shape index (κ3) is 8.36. The number of anilines is 3. The molecule has 2 amide bonds. The van der Waals surface area contributed by atoms with Crippen LogP contribution in [0.1, 0.15) is 40.5 Å². The summed E-state index contributed by atoms with van der Waals surface area (Å²) >= 11 is 12.2. The van der Waals surface area contributed by atoms with Crippen molar-refractivity contribution in [3.05, 3.63) is 75.9 Å². The molecule has 1 atom stereocenters. The van der Waals surface area contributed by atoms with Crippen LogP contribution in [0.4, 0.5) is 17.2 Å². The summed E-state index contributed by atoms with van der Waals surface area (Å²) < 4.78 is 12.0. The number of piperidine rings is 1. The number of likely N-dealkylation sites (tertiary alicyclic amines) is 1. The fraction of sp³-hybridized carbons (Fsp3) is 0.387. The van der Waals surface area contributed by atoms with Gasteiger partial charge in [0.2, 0.25) is 0 Å². The average Bonchev–Trinajstić information content (AvgIpc) is 2.99. The van der Waals surface area contributed by atoms with Gasteiger partial charge < -0.3 is 35.0 Å². The van der Waals surface area contributed by atoms with Crippen molar-refractivity contribution in [1.82, 2.24) is 9.88 Å². The Morgan fingerprint density at radius 1 is 0.977 bits per heavy atom. The SMILES string of the molecule is CC(O)CN1CCC(Oc2cc(N3CCOCC3)ccc2C(=O)Nc2cc(Cl)ccc2C(=O)Nc2ccc(Cl)cn2)CC1. The van der Waals surface area contributed by atoms with Gasteiger partial charge in [-0.3, -0.25) is 9.59 Å². The van der Waals surface area contributed by atoms with Crippen LogP contribution >= 0.6 is 23.2 Å². The minimum absolute atomic E-state index is 0.0869. The Morgan fingerprint density at radius 2 is 1.67 bits per heavy atom. The molecule has 2 aliphatic rings. The van der Waals surface area contributed by atoms with E-state index in [1.807, 2.05) is 12.1 Å². The summed E-state index contributed by atoms with van der Waals surface area (Å²) in [5.41, 5.74) is 1.75. The Bertz CT molecular complexity index is 1420. The smallest absolute Gasteiger partial charge is 0.259 e. The summed E-state index contributed by atoms with van der Waals surface area (Å²) in [6.45, 7) is 6.74. The van der Waals surface area contributed by atoms with Gasteiger partial charge in [-0.25, -0.2) is 4.98 Å². The fourth-order valence-corrected chi connectivity index (χ4v) is 5.50. The van der Waals surface area contributed by atoms with Crippen molar-refractivity contribution >= 4 is 52.2 Å². The molecule has 10 nitrogen and oxygen atoms in total. The Hall–Kier alpha value is -3.41. The van der Waals surface area contributed by atoms with Crippen molar-refractivity contribution in [3.8, 4) is 5.75 Å². The number of pyridine rings is 1. The molecule has 0 bridgehead atoms. The lowest BCUT2D eigenvalue weighted by Crippen LogP contribution is -2.41. The van der Waals surface area contributed by atoms with E-state index < -0.39 is 11.8 Å². The van der Waals surface area contributed by atoms with Crippen LogP contribution in [-0.4, -0.2) is 85.0 Å².